The molecule has 0 radical (unpaired) electrons. The zero-order chi connectivity index (χ0) is 16.1. The molecule has 0 amide bonds. The smallest absolute Gasteiger partial charge is 0.379 e. The molecule has 0 aliphatic carbocycles. The Hall–Kier alpha value is -0.940. The molecular formula is C15H19ClF3NO. The van der Waals surface area contributed by atoms with Crippen molar-refractivity contribution in [2.75, 3.05) is 5.32 Å². The first-order valence-corrected chi connectivity index (χ1v) is 7.11. The number of alkyl halides is 3. The van der Waals surface area contributed by atoms with E-state index >= 15 is 0 Å². The Morgan fingerprint density at radius 2 is 1.81 bits per heavy atom. The molecule has 1 saturated heterocycles. The molecule has 6 heteroatoms. The van der Waals surface area contributed by atoms with Crippen LogP contribution in [0, 0.1) is 0 Å². The molecule has 2 rings (SSSR count). The highest BCUT2D eigenvalue weighted by Gasteiger charge is 2.46. The highest BCUT2D eigenvalue weighted by Crippen LogP contribution is 2.40. The first-order valence-electron chi connectivity index (χ1n) is 6.74. The zero-order valence-electron chi connectivity index (χ0n) is 12.4. The van der Waals surface area contributed by atoms with Crippen LogP contribution in [-0.2, 0) is 10.9 Å². The van der Waals surface area contributed by atoms with E-state index in [2.05, 4.69) is 5.32 Å². The summed E-state index contributed by atoms with van der Waals surface area (Å²) in [6.07, 6.45) is -3.71. The van der Waals surface area contributed by atoms with Gasteiger partial charge >= 0.3 is 6.18 Å². The molecular weight excluding hydrogens is 303 g/mol. The molecule has 1 aromatic rings. The highest BCUT2D eigenvalue weighted by atomic mass is 35.5. The second kappa shape index (κ2) is 5.06. The third-order valence-corrected chi connectivity index (χ3v) is 3.86. The monoisotopic (exact) mass is 321 g/mol. The SMILES string of the molecule is CC1(C)CC(Nc2cc(Cl)cc(C(F)(F)F)c2)C(C)(C)O1. The Bertz CT molecular complexity index is 540. The van der Waals surface area contributed by atoms with Crippen molar-refractivity contribution in [3.8, 4) is 0 Å². The van der Waals surface area contributed by atoms with E-state index in [0.29, 0.717) is 12.1 Å². The molecule has 1 unspecified atom stereocenters. The number of halogens is 4. The van der Waals surface area contributed by atoms with E-state index < -0.39 is 17.3 Å². The van der Waals surface area contributed by atoms with Gasteiger partial charge in [0.2, 0.25) is 0 Å². The van der Waals surface area contributed by atoms with Gasteiger partial charge in [-0.3, -0.25) is 0 Å². The molecule has 0 saturated carbocycles. The Morgan fingerprint density at radius 1 is 1.19 bits per heavy atom. The van der Waals surface area contributed by atoms with Crippen LogP contribution in [0.3, 0.4) is 0 Å². The summed E-state index contributed by atoms with van der Waals surface area (Å²) in [5, 5.41) is 3.19. The number of benzene rings is 1. The van der Waals surface area contributed by atoms with Gasteiger partial charge < -0.3 is 10.1 Å². The largest absolute Gasteiger partial charge is 0.416 e. The molecule has 1 aliphatic heterocycles. The van der Waals surface area contributed by atoms with E-state index in [1.54, 1.807) is 0 Å². The van der Waals surface area contributed by atoms with Crippen molar-refractivity contribution in [3.63, 3.8) is 0 Å². The lowest BCUT2D eigenvalue weighted by molar-refractivity contribution is -0.137. The summed E-state index contributed by atoms with van der Waals surface area (Å²) in [5.74, 6) is 0. The summed E-state index contributed by atoms with van der Waals surface area (Å²) in [4.78, 5) is 0. The van der Waals surface area contributed by atoms with Crippen LogP contribution in [0.2, 0.25) is 5.02 Å². The van der Waals surface area contributed by atoms with Gasteiger partial charge in [0, 0.05) is 10.7 Å². The van der Waals surface area contributed by atoms with Gasteiger partial charge in [-0.2, -0.15) is 13.2 Å². The minimum Gasteiger partial charge on any atom is -0.379 e. The lowest BCUT2D eigenvalue weighted by atomic mass is 9.94. The van der Waals surface area contributed by atoms with Crippen LogP contribution >= 0.6 is 11.6 Å². The first kappa shape index (κ1) is 16.4. The quantitative estimate of drug-likeness (QED) is 0.816. The van der Waals surface area contributed by atoms with Crippen LogP contribution in [-0.4, -0.2) is 17.2 Å². The number of hydrogen-bond donors (Lipinski definition) is 1. The standard InChI is InChI=1S/C15H19ClF3NO/c1-13(2)8-12(14(3,4)21-13)20-11-6-9(15(17,18)19)5-10(16)7-11/h5-7,12,20H,8H2,1-4H3. The molecule has 21 heavy (non-hydrogen) atoms. The fourth-order valence-corrected chi connectivity index (χ4v) is 3.06. The second-order valence-corrected chi connectivity index (χ2v) is 7.03. The fourth-order valence-electron chi connectivity index (χ4n) is 2.82. The van der Waals surface area contributed by atoms with Gasteiger partial charge in [0.1, 0.15) is 0 Å². The van der Waals surface area contributed by atoms with Crippen molar-refractivity contribution in [1.82, 2.24) is 0 Å². The average molecular weight is 322 g/mol. The second-order valence-electron chi connectivity index (χ2n) is 6.59. The predicted molar refractivity (Wildman–Crippen MR) is 77.7 cm³/mol. The topological polar surface area (TPSA) is 21.3 Å². The molecule has 0 spiro atoms. The van der Waals surface area contributed by atoms with Crippen molar-refractivity contribution in [2.24, 2.45) is 0 Å². The van der Waals surface area contributed by atoms with Crippen molar-refractivity contribution < 1.29 is 17.9 Å². The first-order chi connectivity index (χ1) is 9.39. The third-order valence-electron chi connectivity index (χ3n) is 3.64. The highest BCUT2D eigenvalue weighted by molar-refractivity contribution is 6.30. The minimum absolute atomic E-state index is 0.0586. The summed E-state index contributed by atoms with van der Waals surface area (Å²) >= 11 is 5.80. The number of anilines is 1. The predicted octanol–water partition coefficient (Wildman–Crippen LogP) is 5.12. The lowest BCUT2D eigenvalue weighted by Crippen LogP contribution is -2.38. The third kappa shape index (κ3) is 3.83. The fraction of sp³-hybridized carbons (Fsp3) is 0.600. The summed E-state index contributed by atoms with van der Waals surface area (Å²) in [5.41, 5.74) is -1.18. The summed E-state index contributed by atoms with van der Waals surface area (Å²) in [6.45, 7) is 7.79. The molecule has 1 aromatic carbocycles. The maximum atomic E-state index is 12.8. The summed E-state index contributed by atoms with van der Waals surface area (Å²) in [6, 6.07) is 3.41. The average Bonchev–Trinajstić information content (AvgIpc) is 2.44. The molecule has 1 aliphatic rings. The molecule has 1 N–H and O–H groups in total. The Kier molecular flexibility index (Phi) is 3.96. The van der Waals surface area contributed by atoms with Crippen LogP contribution in [0.1, 0.15) is 39.7 Å². The van der Waals surface area contributed by atoms with Crippen LogP contribution < -0.4 is 5.32 Å². The van der Waals surface area contributed by atoms with Crippen LogP contribution in [0.4, 0.5) is 18.9 Å². The van der Waals surface area contributed by atoms with E-state index in [1.165, 1.54) is 6.07 Å². The van der Waals surface area contributed by atoms with Crippen molar-refractivity contribution >= 4 is 17.3 Å². The Labute approximate surface area is 127 Å². The molecule has 0 aromatic heterocycles. The molecule has 0 bridgehead atoms. The van der Waals surface area contributed by atoms with Crippen LogP contribution in [0.5, 0.6) is 0 Å². The van der Waals surface area contributed by atoms with Gasteiger partial charge in [-0.25, -0.2) is 0 Å². The maximum absolute atomic E-state index is 12.8. The van der Waals surface area contributed by atoms with Gasteiger partial charge in [-0.1, -0.05) is 11.6 Å². The molecule has 2 nitrogen and oxygen atoms in total. The normalized spacial score (nSPS) is 24.1. The van der Waals surface area contributed by atoms with Gasteiger partial charge in [0.05, 0.1) is 22.8 Å². The van der Waals surface area contributed by atoms with Gasteiger partial charge in [-0.15, -0.1) is 0 Å². The number of rotatable bonds is 2. The Balaban J connectivity index is 2.26. The van der Waals surface area contributed by atoms with Crippen LogP contribution in [0.25, 0.3) is 0 Å². The van der Waals surface area contributed by atoms with E-state index in [0.717, 1.165) is 12.1 Å². The van der Waals surface area contributed by atoms with Crippen molar-refractivity contribution in [3.05, 3.63) is 28.8 Å². The van der Waals surface area contributed by atoms with Crippen molar-refractivity contribution in [2.45, 2.75) is 57.5 Å². The summed E-state index contributed by atoms with van der Waals surface area (Å²) < 4.78 is 44.4. The summed E-state index contributed by atoms with van der Waals surface area (Å²) in [7, 11) is 0. The van der Waals surface area contributed by atoms with E-state index in [9.17, 15) is 13.2 Å². The van der Waals surface area contributed by atoms with Gasteiger partial charge in [-0.05, 0) is 52.3 Å². The number of nitrogens with one attached hydrogen (secondary N) is 1. The molecule has 1 atom stereocenters. The number of hydrogen-bond acceptors (Lipinski definition) is 2. The van der Waals surface area contributed by atoms with E-state index in [4.69, 9.17) is 16.3 Å². The maximum Gasteiger partial charge on any atom is 0.416 e. The number of ether oxygens (including phenoxy) is 1. The van der Waals surface area contributed by atoms with Gasteiger partial charge in [0.15, 0.2) is 0 Å². The minimum atomic E-state index is -4.41. The Morgan fingerprint density at radius 3 is 2.29 bits per heavy atom. The molecule has 1 heterocycles. The van der Waals surface area contributed by atoms with E-state index in [1.807, 2.05) is 27.7 Å². The lowest BCUT2D eigenvalue weighted by Gasteiger charge is -2.28. The molecule has 118 valence electrons. The van der Waals surface area contributed by atoms with Crippen molar-refractivity contribution in [1.29, 1.82) is 0 Å². The van der Waals surface area contributed by atoms with Crippen LogP contribution in [0.15, 0.2) is 18.2 Å². The van der Waals surface area contributed by atoms with E-state index in [-0.39, 0.29) is 16.7 Å². The zero-order valence-corrected chi connectivity index (χ0v) is 13.2. The molecule has 1 fully saturated rings. The van der Waals surface area contributed by atoms with Gasteiger partial charge in [0.25, 0.3) is 0 Å².